The van der Waals surface area contributed by atoms with Crippen molar-refractivity contribution in [2.45, 2.75) is 20.3 Å². The number of likely N-dealkylation sites (N-methyl/N-ethyl adjacent to an activating group) is 2. The van der Waals surface area contributed by atoms with Gasteiger partial charge in [-0.05, 0) is 21.0 Å². The summed E-state index contributed by atoms with van der Waals surface area (Å²) in [7, 11) is 6.23. The molecule has 0 amide bonds. The minimum Gasteiger partial charge on any atom is -0.370 e. The Labute approximate surface area is 110 Å². The third-order valence-electron chi connectivity index (χ3n) is 2.71. The number of nitrogens with one attached hydrogen (secondary N) is 1. The number of hydrogen-bond donors (Lipinski definition) is 1. The van der Waals surface area contributed by atoms with Crippen molar-refractivity contribution >= 4 is 11.6 Å². The van der Waals surface area contributed by atoms with Crippen molar-refractivity contribution in [2.24, 2.45) is 0 Å². The summed E-state index contributed by atoms with van der Waals surface area (Å²) in [4.78, 5) is 13.4. The molecular formula is C13H25N5. The van der Waals surface area contributed by atoms with E-state index in [1.165, 1.54) is 0 Å². The van der Waals surface area contributed by atoms with Crippen LogP contribution in [0.15, 0.2) is 6.07 Å². The lowest BCUT2D eigenvalue weighted by molar-refractivity contribution is 0.416. The third kappa shape index (κ3) is 4.49. The lowest BCUT2D eigenvalue weighted by atomic mass is 10.4. The van der Waals surface area contributed by atoms with Crippen LogP contribution in [0.5, 0.6) is 0 Å². The van der Waals surface area contributed by atoms with E-state index in [-0.39, 0.29) is 0 Å². The number of nitrogens with zero attached hydrogens (tertiary/aromatic N) is 4. The van der Waals surface area contributed by atoms with E-state index in [1.54, 1.807) is 0 Å². The summed E-state index contributed by atoms with van der Waals surface area (Å²) in [6, 6.07) is 2.01. The highest BCUT2D eigenvalue weighted by atomic mass is 15.2. The van der Waals surface area contributed by atoms with Crippen LogP contribution in [-0.2, 0) is 6.42 Å². The second kappa shape index (κ2) is 7.16. The fourth-order valence-corrected chi connectivity index (χ4v) is 1.57. The van der Waals surface area contributed by atoms with Gasteiger partial charge in [0.2, 0.25) is 0 Å². The first-order valence-corrected chi connectivity index (χ1v) is 6.54. The zero-order chi connectivity index (χ0) is 13.5. The molecule has 1 heterocycles. The first-order valence-electron chi connectivity index (χ1n) is 6.54. The SMILES string of the molecule is CCNc1cc(N(C)CCN(C)C)nc(CC)n1. The molecular weight excluding hydrogens is 226 g/mol. The van der Waals surface area contributed by atoms with E-state index < -0.39 is 0 Å². The Bertz CT molecular complexity index is 364. The van der Waals surface area contributed by atoms with E-state index in [9.17, 15) is 0 Å². The van der Waals surface area contributed by atoms with Gasteiger partial charge in [-0.15, -0.1) is 0 Å². The Balaban J connectivity index is 2.82. The normalized spacial score (nSPS) is 10.8. The van der Waals surface area contributed by atoms with Gasteiger partial charge in [-0.2, -0.15) is 0 Å². The molecule has 1 aromatic heterocycles. The van der Waals surface area contributed by atoms with Crippen LogP contribution in [0.4, 0.5) is 11.6 Å². The number of rotatable bonds is 7. The Hall–Kier alpha value is -1.36. The largest absolute Gasteiger partial charge is 0.370 e. The van der Waals surface area contributed by atoms with Gasteiger partial charge >= 0.3 is 0 Å². The maximum atomic E-state index is 4.57. The molecule has 0 radical (unpaired) electrons. The number of hydrogen-bond acceptors (Lipinski definition) is 5. The fourth-order valence-electron chi connectivity index (χ4n) is 1.57. The predicted octanol–water partition coefficient (Wildman–Crippen LogP) is 1.47. The van der Waals surface area contributed by atoms with Crippen LogP contribution in [-0.4, -0.2) is 55.6 Å². The Morgan fingerprint density at radius 2 is 1.83 bits per heavy atom. The second-order valence-electron chi connectivity index (χ2n) is 4.64. The van der Waals surface area contributed by atoms with E-state index in [2.05, 4.69) is 60.1 Å². The van der Waals surface area contributed by atoms with Crippen molar-refractivity contribution in [1.82, 2.24) is 14.9 Å². The summed E-state index contributed by atoms with van der Waals surface area (Å²) in [5.74, 6) is 2.79. The molecule has 0 saturated carbocycles. The molecule has 0 aliphatic rings. The summed E-state index contributed by atoms with van der Waals surface area (Å²) >= 11 is 0. The molecule has 0 saturated heterocycles. The zero-order valence-corrected chi connectivity index (χ0v) is 12.2. The van der Waals surface area contributed by atoms with Crippen LogP contribution in [0, 0.1) is 0 Å². The van der Waals surface area contributed by atoms with Crippen molar-refractivity contribution in [1.29, 1.82) is 0 Å². The van der Waals surface area contributed by atoms with Crippen LogP contribution < -0.4 is 10.2 Å². The molecule has 1 N–H and O–H groups in total. The molecule has 0 atom stereocenters. The van der Waals surface area contributed by atoms with Crippen LogP contribution in [0.1, 0.15) is 19.7 Å². The van der Waals surface area contributed by atoms with Gasteiger partial charge < -0.3 is 15.1 Å². The summed E-state index contributed by atoms with van der Waals surface area (Å²) in [6.07, 6.45) is 0.855. The third-order valence-corrected chi connectivity index (χ3v) is 2.71. The molecule has 1 rings (SSSR count). The summed E-state index contributed by atoms with van der Waals surface area (Å²) < 4.78 is 0. The van der Waals surface area contributed by atoms with Crippen LogP contribution in [0.25, 0.3) is 0 Å². The Morgan fingerprint density at radius 3 is 2.39 bits per heavy atom. The molecule has 0 fully saturated rings. The predicted molar refractivity (Wildman–Crippen MR) is 77.4 cm³/mol. The van der Waals surface area contributed by atoms with Gasteiger partial charge in [-0.1, -0.05) is 6.92 Å². The molecule has 18 heavy (non-hydrogen) atoms. The minimum absolute atomic E-state index is 0.855. The van der Waals surface area contributed by atoms with Crippen LogP contribution in [0.2, 0.25) is 0 Å². The Kier molecular flexibility index (Phi) is 5.85. The monoisotopic (exact) mass is 251 g/mol. The highest BCUT2D eigenvalue weighted by Crippen LogP contribution is 2.15. The van der Waals surface area contributed by atoms with Gasteiger partial charge in [0.25, 0.3) is 0 Å². The van der Waals surface area contributed by atoms with E-state index >= 15 is 0 Å². The fraction of sp³-hybridized carbons (Fsp3) is 0.692. The van der Waals surface area contributed by atoms with Crippen molar-refractivity contribution in [3.63, 3.8) is 0 Å². The topological polar surface area (TPSA) is 44.3 Å². The van der Waals surface area contributed by atoms with Gasteiger partial charge in [0.15, 0.2) is 0 Å². The summed E-state index contributed by atoms with van der Waals surface area (Å²) in [5, 5.41) is 3.25. The van der Waals surface area contributed by atoms with Gasteiger partial charge in [-0.3, -0.25) is 0 Å². The zero-order valence-electron chi connectivity index (χ0n) is 12.2. The molecule has 0 bridgehead atoms. The number of aromatic nitrogens is 2. The molecule has 0 aromatic carbocycles. The number of aryl methyl sites for hydroxylation is 1. The van der Waals surface area contributed by atoms with Crippen LogP contribution in [0.3, 0.4) is 0 Å². The first kappa shape index (κ1) is 14.7. The van der Waals surface area contributed by atoms with Gasteiger partial charge in [0.05, 0.1) is 0 Å². The van der Waals surface area contributed by atoms with Crippen molar-refractivity contribution < 1.29 is 0 Å². The highest BCUT2D eigenvalue weighted by molar-refractivity contribution is 5.49. The Morgan fingerprint density at radius 1 is 1.11 bits per heavy atom. The van der Waals surface area contributed by atoms with Crippen molar-refractivity contribution in [3.8, 4) is 0 Å². The molecule has 5 heteroatoms. The molecule has 1 aromatic rings. The maximum Gasteiger partial charge on any atom is 0.134 e. The first-order chi connectivity index (χ1) is 8.56. The van der Waals surface area contributed by atoms with Gasteiger partial charge in [-0.25, -0.2) is 9.97 Å². The quantitative estimate of drug-likeness (QED) is 0.795. The van der Waals surface area contributed by atoms with E-state index in [4.69, 9.17) is 0 Å². The average Bonchev–Trinajstić information content (AvgIpc) is 2.35. The van der Waals surface area contributed by atoms with Crippen molar-refractivity contribution in [2.75, 3.05) is 51.0 Å². The lowest BCUT2D eigenvalue weighted by Crippen LogP contribution is -2.29. The van der Waals surface area contributed by atoms with E-state index in [0.29, 0.717) is 0 Å². The maximum absolute atomic E-state index is 4.57. The minimum atomic E-state index is 0.855. The highest BCUT2D eigenvalue weighted by Gasteiger charge is 2.07. The molecule has 0 aliphatic carbocycles. The average molecular weight is 251 g/mol. The molecule has 0 unspecified atom stereocenters. The molecule has 102 valence electrons. The molecule has 0 aliphatic heterocycles. The van der Waals surface area contributed by atoms with E-state index in [1.807, 2.05) is 6.07 Å². The molecule has 5 nitrogen and oxygen atoms in total. The summed E-state index contributed by atoms with van der Waals surface area (Å²) in [5.41, 5.74) is 0. The number of anilines is 2. The standard InChI is InChI=1S/C13H25N5/c1-6-11-15-12(14-7-2)10-13(16-11)18(5)9-8-17(3)4/h10H,6-9H2,1-5H3,(H,14,15,16). The summed E-state index contributed by atoms with van der Waals surface area (Å²) in [6.45, 7) is 7.00. The van der Waals surface area contributed by atoms with Crippen LogP contribution >= 0.6 is 0 Å². The smallest absolute Gasteiger partial charge is 0.134 e. The molecule has 0 spiro atoms. The second-order valence-corrected chi connectivity index (χ2v) is 4.64. The lowest BCUT2D eigenvalue weighted by Gasteiger charge is -2.21. The van der Waals surface area contributed by atoms with Gasteiger partial charge in [0, 0.05) is 39.2 Å². The van der Waals surface area contributed by atoms with Gasteiger partial charge in [0.1, 0.15) is 17.5 Å². The van der Waals surface area contributed by atoms with Crippen molar-refractivity contribution in [3.05, 3.63) is 11.9 Å². The van der Waals surface area contributed by atoms with E-state index in [0.717, 1.165) is 43.5 Å².